The van der Waals surface area contributed by atoms with E-state index >= 15 is 0 Å². The molecule has 1 aliphatic carbocycles. The fourth-order valence-electron chi connectivity index (χ4n) is 1.56. The predicted molar refractivity (Wildman–Crippen MR) is 48.4 cm³/mol. The zero-order chi connectivity index (χ0) is 8.97. The van der Waals surface area contributed by atoms with Crippen molar-refractivity contribution < 1.29 is 0 Å². The highest BCUT2D eigenvalue weighted by molar-refractivity contribution is 4.91. The smallest absolute Gasteiger partial charge is 0.0638 e. The van der Waals surface area contributed by atoms with Gasteiger partial charge in [-0.05, 0) is 19.3 Å². The Hall–Kier alpha value is -0.590. The molecule has 3 heteroatoms. The topological polar surface area (TPSA) is 61.8 Å². The Morgan fingerprint density at radius 3 is 2.75 bits per heavy atom. The molecule has 1 atom stereocenters. The Kier molecular flexibility index (Phi) is 3.51. The van der Waals surface area contributed by atoms with Gasteiger partial charge in [-0.3, -0.25) is 0 Å². The van der Waals surface area contributed by atoms with Crippen LogP contribution in [-0.4, -0.2) is 18.1 Å². The third-order valence-electron chi connectivity index (χ3n) is 2.48. The van der Waals surface area contributed by atoms with Crippen molar-refractivity contribution in [3.8, 4) is 6.07 Å². The van der Waals surface area contributed by atoms with Crippen LogP contribution in [-0.2, 0) is 0 Å². The molecule has 3 nitrogen and oxygen atoms in total. The van der Waals surface area contributed by atoms with E-state index in [1.54, 1.807) is 0 Å². The van der Waals surface area contributed by atoms with Crippen LogP contribution in [0.2, 0.25) is 0 Å². The summed E-state index contributed by atoms with van der Waals surface area (Å²) in [6, 6.07) is 3.52. The Morgan fingerprint density at radius 1 is 1.67 bits per heavy atom. The Bertz CT molecular complexity index is 167. The van der Waals surface area contributed by atoms with Gasteiger partial charge in [0, 0.05) is 18.1 Å². The summed E-state index contributed by atoms with van der Waals surface area (Å²) in [4.78, 5) is 0. The molecule has 0 spiro atoms. The summed E-state index contributed by atoms with van der Waals surface area (Å²) < 4.78 is 0. The third kappa shape index (κ3) is 2.47. The molecule has 0 amide bonds. The first-order chi connectivity index (χ1) is 5.76. The number of rotatable bonds is 4. The normalized spacial score (nSPS) is 30.4. The summed E-state index contributed by atoms with van der Waals surface area (Å²) in [7, 11) is 0. The minimum Gasteiger partial charge on any atom is -0.328 e. The maximum absolute atomic E-state index is 8.51. The summed E-state index contributed by atoms with van der Waals surface area (Å²) in [5, 5.41) is 11.9. The van der Waals surface area contributed by atoms with E-state index in [9.17, 15) is 0 Å². The lowest BCUT2D eigenvalue weighted by molar-refractivity contribution is 0.264. The molecule has 0 aromatic heterocycles. The van der Waals surface area contributed by atoms with E-state index in [2.05, 4.69) is 18.3 Å². The molecule has 0 aromatic carbocycles. The van der Waals surface area contributed by atoms with Crippen LogP contribution in [0.1, 0.15) is 32.6 Å². The first-order valence-corrected chi connectivity index (χ1v) is 4.64. The SMILES string of the molecule is CCC(CC#N)NC1CC(N)C1. The maximum Gasteiger partial charge on any atom is 0.0638 e. The van der Waals surface area contributed by atoms with Gasteiger partial charge in [0.15, 0.2) is 0 Å². The second-order valence-electron chi connectivity index (χ2n) is 3.56. The lowest BCUT2D eigenvalue weighted by Gasteiger charge is -2.35. The number of nitrogens with zero attached hydrogens (tertiary/aromatic N) is 1. The van der Waals surface area contributed by atoms with Gasteiger partial charge in [-0.15, -0.1) is 0 Å². The van der Waals surface area contributed by atoms with Crippen LogP contribution in [0.15, 0.2) is 0 Å². The minimum atomic E-state index is 0.368. The van der Waals surface area contributed by atoms with Gasteiger partial charge < -0.3 is 11.1 Å². The molecule has 1 aliphatic rings. The zero-order valence-corrected chi connectivity index (χ0v) is 7.59. The molecule has 0 radical (unpaired) electrons. The average molecular weight is 167 g/mol. The summed E-state index contributed by atoms with van der Waals surface area (Å²) in [6.45, 7) is 2.10. The van der Waals surface area contributed by atoms with Crippen molar-refractivity contribution >= 4 is 0 Å². The van der Waals surface area contributed by atoms with Gasteiger partial charge in [0.1, 0.15) is 0 Å². The highest BCUT2D eigenvalue weighted by Crippen LogP contribution is 2.18. The van der Waals surface area contributed by atoms with Gasteiger partial charge in [-0.25, -0.2) is 0 Å². The largest absolute Gasteiger partial charge is 0.328 e. The predicted octanol–water partition coefficient (Wildman–Crippen LogP) is 0.758. The van der Waals surface area contributed by atoms with E-state index in [1.165, 1.54) is 0 Å². The molecule has 0 aromatic rings. The second-order valence-corrected chi connectivity index (χ2v) is 3.56. The van der Waals surface area contributed by atoms with Gasteiger partial charge in [0.25, 0.3) is 0 Å². The van der Waals surface area contributed by atoms with Crippen LogP contribution in [0, 0.1) is 11.3 Å². The molecule has 1 saturated carbocycles. The standard InChI is InChI=1S/C9H17N3/c1-2-8(3-4-10)12-9-5-7(11)6-9/h7-9,12H,2-3,5-6,11H2,1H3. The lowest BCUT2D eigenvalue weighted by Crippen LogP contribution is -2.51. The highest BCUT2D eigenvalue weighted by Gasteiger charge is 2.26. The van der Waals surface area contributed by atoms with Gasteiger partial charge in [0.2, 0.25) is 0 Å². The molecule has 1 rings (SSSR count). The lowest BCUT2D eigenvalue weighted by atomic mass is 9.87. The van der Waals surface area contributed by atoms with E-state index in [0.29, 0.717) is 24.5 Å². The van der Waals surface area contributed by atoms with Crippen molar-refractivity contribution in [1.82, 2.24) is 5.32 Å². The molecule has 1 fully saturated rings. The van der Waals surface area contributed by atoms with Crippen LogP contribution >= 0.6 is 0 Å². The van der Waals surface area contributed by atoms with Crippen LogP contribution in [0.5, 0.6) is 0 Å². The highest BCUT2D eigenvalue weighted by atomic mass is 15.0. The number of hydrogen-bond acceptors (Lipinski definition) is 3. The van der Waals surface area contributed by atoms with Crippen LogP contribution < -0.4 is 11.1 Å². The minimum absolute atomic E-state index is 0.368. The summed E-state index contributed by atoms with van der Waals surface area (Å²) in [5.41, 5.74) is 5.65. The van der Waals surface area contributed by atoms with Crippen molar-refractivity contribution in [1.29, 1.82) is 5.26 Å². The van der Waals surface area contributed by atoms with Crippen LogP contribution in [0.4, 0.5) is 0 Å². The Labute approximate surface area is 73.9 Å². The van der Waals surface area contributed by atoms with E-state index < -0.39 is 0 Å². The first kappa shape index (κ1) is 9.50. The molecular formula is C9H17N3. The van der Waals surface area contributed by atoms with Gasteiger partial charge >= 0.3 is 0 Å². The number of hydrogen-bond donors (Lipinski definition) is 2. The van der Waals surface area contributed by atoms with Crippen molar-refractivity contribution in [2.24, 2.45) is 5.73 Å². The zero-order valence-electron chi connectivity index (χ0n) is 7.59. The Morgan fingerprint density at radius 2 is 2.33 bits per heavy atom. The molecule has 3 N–H and O–H groups in total. The molecule has 1 unspecified atom stereocenters. The fraction of sp³-hybridized carbons (Fsp3) is 0.889. The van der Waals surface area contributed by atoms with Crippen molar-refractivity contribution in [3.63, 3.8) is 0 Å². The van der Waals surface area contributed by atoms with Crippen molar-refractivity contribution in [2.75, 3.05) is 0 Å². The quantitative estimate of drug-likeness (QED) is 0.649. The molecule has 68 valence electrons. The summed E-state index contributed by atoms with van der Waals surface area (Å²) in [6.07, 6.45) is 3.78. The van der Waals surface area contributed by atoms with Crippen LogP contribution in [0.3, 0.4) is 0 Å². The molecule has 0 bridgehead atoms. The molecule has 12 heavy (non-hydrogen) atoms. The summed E-state index contributed by atoms with van der Waals surface area (Å²) in [5.74, 6) is 0. The van der Waals surface area contributed by atoms with E-state index in [0.717, 1.165) is 19.3 Å². The third-order valence-corrected chi connectivity index (χ3v) is 2.48. The monoisotopic (exact) mass is 167 g/mol. The van der Waals surface area contributed by atoms with Crippen LogP contribution in [0.25, 0.3) is 0 Å². The maximum atomic E-state index is 8.51. The Balaban J connectivity index is 2.16. The molecule has 0 heterocycles. The average Bonchev–Trinajstić information content (AvgIpc) is 2.00. The van der Waals surface area contributed by atoms with Crippen molar-refractivity contribution in [3.05, 3.63) is 0 Å². The summed E-state index contributed by atoms with van der Waals surface area (Å²) >= 11 is 0. The fourth-order valence-corrected chi connectivity index (χ4v) is 1.56. The molecule has 0 aliphatic heterocycles. The van der Waals surface area contributed by atoms with Gasteiger partial charge in [-0.1, -0.05) is 6.92 Å². The van der Waals surface area contributed by atoms with Gasteiger partial charge in [0.05, 0.1) is 12.5 Å². The number of nitrogens with one attached hydrogen (secondary N) is 1. The van der Waals surface area contributed by atoms with E-state index in [4.69, 9.17) is 11.0 Å². The van der Waals surface area contributed by atoms with Gasteiger partial charge in [-0.2, -0.15) is 5.26 Å². The molecular weight excluding hydrogens is 150 g/mol. The van der Waals surface area contributed by atoms with Crippen molar-refractivity contribution in [2.45, 2.75) is 50.7 Å². The number of nitriles is 1. The first-order valence-electron chi connectivity index (χ1n) is 4.64. The molecule has 0 saturated heterocycles. The number of nitrogens with two attached hydrogens (primary N) is 1. The van der Waals surface area contributed by atoms with E-state index in [1.807, 2.05) is 0 Å². The second kappa shape index (κ2) is 4.44. The van der Waals surface area contributed by atoms with E-state index in [-0.39, 0.29) is 0 Å².